The van der Waals surface area contributed by atoms with Crippen molar-refractivity contribution in [3.05, 3.63) is 35.4 Å². The summed E-state index contributed by atoms with van der Waals surface area (Å²) in [6.07, 6.45) is 4.39. The molecule has 2 heterocycles. The van der Waals surface area contributed by atoms with Crippen LogP contribution in [0.2, 0.25) is 0 Å². The van der Waals surface area contributed by atoms with E-state index in [1.54, 1.807) is 0 Å². The molecular weight excluding hydrogens is 346 g/mol. The molecule has 0 radical (unpaired) electrons. The summed E-state index contributed by atoms with van der Waals surface area (Å²) in [5.74, 6) is 2.09. The first-order chi connectivity index (χ1) is 13.5. The summed E-state index contributed by atoms with van der Waals surface area (Å²) in [6, 6.07) is 8.75. The highest BCUT2D eigenvalue weighted by Crippen LogP contribution is 2.21. The standard InChI is InChI=1S/C24H39N3O/c1-19-6-4-7-22(15-19)18-26-12-8-23(9-13-26)24(28)25-10-5-11-27-16-20(2)14-21(3)17-27/h4,6-7,15,20-21,23H,5,8-14,16-18H2,1-3H3,(H,25,28)/t20-,21-/m0/s1. The van der Waals surface area contributed by atoms with Gasteiger partial charge in [-0.15, -0.1) is 0 Å². The molecule has 2 atom stereocenters. The van der Waals surface area contributed by atoms with Crippen molar-refractivity contribution < 1.29 is 4.79 Å². The number of nitrogens with one attached hydrogen (secondary N) is 1. The van der Waals surface area contributed by atoms with Gasteiger partial charge in [0.15, 0.2) is 0 Å². The summed E-state index contributed by atoms with van der Waals surface area (Å²) in [6.45, 7) is 14.3. The second-order valence-electron chi connectivity index (χ2n) is 9.39. The molecule has 4 nitrogen and oxygen atoms in total. The first-order valence-corrected chi connectivity index (χ1v) is 11.3. The highest BCUT2D eigenvalue weighted by molar-refractivity contribution is 5.78. The lowest BCUT2D eigenvalue weighted by Gasteiger charge is -2.35. The van der Waals surface area contributed by atoms with Crippen LogP contribution in [-0.4, -0.2) is 55.0 Å². The fourth-order valence-electron chi connectivity index (χ4n) is 5.06. The van der Waals surface area contributed by atoms with Gasteiger partial charge in [-0.05, 0) is 69.6 Å². The molecule has 1 aromatic rings. The minimum absolute atomic E-state index is 0.198. The number of carbonyl (C=O) groups excluding carboxylic acids is 1. The number of hydrogen-bond donors (Lipinski definition) is 1. The van der Waals surface area contributed by atoms with Gasteiger partial charge in [0.2, 0.25) is 5.91 Å². The Balaban J connectivity index is 1.30. The second-order valence-corrected chi connectivity index (χ2v) is 9.39. The van der Waals surface area contributed by atoms with Gasteiger partial charge in [0, 0.05) is 32.1 Å². The van der Waals surface area contributed by atoms with E-state index in [-0.39, 0.29) is 11.8 Å². The SMILES string of the molecule is Cc1cccc(CN2CCC(C(=O)NCCCN3C[C@@H](C)C[C@H](C)C3)CC2)c1. The number of piperidine rings is 2. The van der Waals surface area contributed by atoms with Crippen LogP contribution in [0, 0.1) is 24.7 Å². The van der Waals surface area contributed by atoms with Crippen molar-refractivity contribution in [1.82, 2.24) is 15.1 Å². The number of rotatable bonds is 7. The van der Waals surface area contributed by atoms with Crippen LogP contribution in [0.5, 0.6) is 0 Å². The molecular formula is C24H39N3O. The van der Waals surface area contributed by atoms with Crippen LogP contribution in [0.1, 0.15) is 50.7 Å². The number of amides is 1. The van der Waals surface area contributed by atoms with Crippen LogP contribution in [0.15, 0.2) is 24.3 Å². The third-order valence-electron chi connectivity index (χ3n) is 6.34. The molecule has 0 unspecified atom stereocenters. The smallest absolute Gasteiger partial charge is 0.223 e. The molecule has 3 rings (SSSR count). The first-order valence-electron chi connectivity index (χ1n) is 11.3. The predicted molar refractivity (Wildman–Crippen MR) is 116 cm³/mol. The normalized spacial score (nSPS) is 25.0. The Labute approximate surface area is 171 Å². The van der Waals surface area contributed by atoms with Crippen LogP contribution in [0.3, 0.4) is 0 Å². The lowest BCUT2D eigenvalue weighted by Crippen LogP contribution is -2.42. The molecule has 2 fully saturated rings. The van der Waals surface area contributed by atoms with E-state index in [1.807, 2.05) is 0 Å². The molecule has 0 aromatic heterocycles. The van der Waals surface area contributed by atoms with Gasteiger partial charge < -0.3 is 10.2 Å². The zero-order valence-corrected chi connectivity index (χ0v) is 18.1. The molecule has 0 bridgehead atoms. The van der Waals surface area contributed by atoms with Gasteiger partial charge in [-0.3, -0.25) is 9.69 Å². The van der Waals surface area contributed by atoms with Crippen molar-refractivity contribution in [2.75, 3.05) is 39.3 Å². The Kier molecular flexibility index (Phi) is 7.92. The highest BCUT2D eigenvalue weighted by atomic mass is 16.1. The number of aryl methyl sites for hydroxylation is 1. The van der Waals surface area contributed by atoms with E-state index >= 15 is 0 Å². The largest absolute Gasteiger partial charge is 0.356 e. The first kappa shape index (κ1) is 21.3. The summed E-state index contributed by atoms with van der Waals surface area (Å²) in [7, 11) is 0. The average Bonchev–Trinajstić information content (AvgIpc) is 2.65. The average molecular weight is 386 g/mol. The molecule has 28 heavy (non-hydrogen) atoms. The van der Waals surface area contributed by atoms with Gasteiger partial charge in [-0.25, -0.2) is 0 Å². The third kappa shape index (κ3) is 6.59. The Hall–Kier alpha value is -1.39. The van der Waals surface area contributed by atoms with Crippen molar-refractivity contribution in [2.45, 2.75) is 53.0 Å². The number of nitrogens with zero attached hydrogens (tertiary/aromatic N) is 2. The van der Waals surface area contributed by atoms with E-state index in [9.17, 15) is 4.79 Å². The Morgan fingerprint density at radius 1 is 1.11 bits per heavy atom. The van der Waals surface area contributed by atoms with Gasteiger partial charge in [-0.2, -0.15) is 0 Å². The van der Waals surface area contributed by atoms with E-state index in [0.717, 1.165) is 63.8 Å². The Bertz CT molecular complexity index is 614. The van der Waals surface area contributed by atoms with Crippen LogP contribution in [0.4, 0.5) is 0 Å². The lowest BCUT2D eigenvalue weighted by atomic mass is 9.92. The molecule has 2 aliphatic heterocycles. The monoisotopic (exact) mass is 385 g/mol. The number of hydrogen-bond acceptors (Lipinski definition) is 3. The second kappa shape index (κ2) is 10.4. The van der Waals surface area contributed by atoms with E-state index in [4.69, 9.17) is 0 Å². The summed E-state index contributed by atoms with van der Waals surface area (Å²) in [4.78, 5) is 17.6. The van der Waals surface area contributed by atoms with Crippen LogP contribution in [-0.2, 0) is 11.3 Å². The fourth-order valence-corrected chi connectivity index (χ4v) is 5.06. The van der Waals surface area contributed by atoms with Crippen molar-refractivity contribution in [3.8, 4) is 0 Å². The molecule has 2 saturated heterocycles. The van der Waals surface area contributed by atoms with Gasteiger partial charge in [0.25, 0.3) is 0 Å². The van der Waals surface area contributed by atoms with Crippen molar-refractivity contribution in [1.29, 1.82) is 0 Å². The topological polar surface area (TPSA) is 35.6 Å². The number of benzene rings is 1. The predicted octanol–water partition coefficient (Wildman–Crippen LogP) is 3.69. The molecule has 1 amide bonds. The number of carbonyl (C=O) groups is 1. The third-order valence-corrected chi connectivity index (χ3v) is 6.34. The molecule has 1 aromatic carbocycles. The van der Waals surface area contributed by atoms with Crippen LogP contribution >= 0.6 is 0 Å². The minimum atomic E-state index is 0.198. The summed E-state index contributed by atoms with van der Waals surface area (Å²) in [5, 5.41) is 3.20. The van der Waals surface area contributed by atoms with E-state index in [2.05, 4.69) is 60.2 Å². The maximum absolute atomic E-state index is 12.5. The number of likely N-dealkylation sites (tertiary alicyclic amines) is 2. The molecule has 1 N–H and O–H groups in total. The summed E-state index contributed by atoms with van der Waals surface area (Å²) < 4.78 is 0. The lowest BCUT2D eigenvalue weighted by molar-refractivity contribution is -0.126. The van der Waals surface area contributed by atoms with E-state index in [0.29, 0.717) is 0 Å². The molecule has 0 saturated carbocycles. The van der Waals surface area contributed by atoms with Crippen molar-refractivity contribution >= 4 is 5.91 Å². The molecule has 0 aliphatic carbocycles. The summed E-state index contributed by atoms with van der Waals surface area (Å²) >= 11 is 0. The zero-order valence-electron chi connectivity index (χ0n) is 18.1. The minimum Gasteiger partial charge on any atom is -0.356 e. The van der Waals surface area contributed by atoms with Crippen molar-refractivity contribution in [2.24, 2.45) is 17.8 Å². The molecule has 4 heteroatoms. The molecule has 0 spiro atoms. The summed E-state index contributed by atoms with van der Waals surface area (Å²) in [5.41, 5.74) is 2.70. The van der Waals surface area contributed by atoms with Gasteiger partial charge in [0.1, 0.15) is 0 Å². The van der Waals surface area contributed by atoms with E-state index < -0.39 is 0 Å². The van der Waals surface area contributed by atoms with Crippen molar-refractivity contribution in [3.63, 3.8) is 0 Å². The van der Waals surface area contributed by atoms with E-state index in [1.165, 1.54) is 30.6 Å². The van der Waals surface area contributed by atoms with Gasteiger partial charge in [-0.1, -0.05) is 43.7 Å². The van der Waals surface area contributed by atoms with Gasteiger partial charge in [0.05, 0.1) is 0 Å². The fraction of sp³-hybridized carbons (Fsp3) is 0.708. The maximum atomic E-state index is 12.5. The Morgan fingerprint density at radius 2 is 1.82 bits per heavy atom. The molecule has 156 valence electrons. The highest BCUT2D eigenvalue weighted by Gasteiger charge is 2.25. The quantitative estimate of drug-likeness (QED) is 0.727. The molecule has 2 aliphatic rings. The maximum Gasteiger partial charge on any atom is 0.223 e. The zero-order chi connectivity index (χ0) is 19.9. The van der Waals surface area contributed by atoms with Crippen LogP contribution < -0.4 is 5.32 Å². The Morgan fingerprint density at radius 3 is 2.50 bits per heavy atom. The van der Waals surface area contributed by atoms with Crippen LogP contribution in [0.25, 0.3) is 0 Å². The van der Waals surface area contributed by atoms with Gasteiger partial charge >= 0.3 is 0 Å².